The second-order valence-corrected chi connectivity index (χ2v) is 8.47. The zero-order valence-corrected chi connectivity index (χ0v) is 17.0. The van der Waals surface area contributed by atoms with Gasteiger partial charge in [-0.05, 0) is 35.9 Å². The predicted octanol–water partition coefficient (Wildman–Crippen LogP) is 4.75. The van der Waals surface area contributed by atoms with Gasteiger partial charge >= 0.3 is 0 Å². The van der Waals surface area contributed by atoms with Gasteiger partial charge in [0.2, 0.25) is 17.5 Å². The first kappa shape index (κ1) is 20.3. The molecule has 0 fully saturated rings. The average Bonchev–Trinajstić information content (AvgIpc) is 3.23. The van der Waals surface area contributed by atoms with Crippen LogP contribution in [0.1, 0.15) is 11.3 Å². The first-order valence-electron chi connectivity index (χ1n) is 9.27. The first-order chi connectivity index (χ1) is 15.0. The fraction of sp³-hybridized carbons (Fsp3) is 0.0435. The number of oxazole rings is 1. The molecule has 3 aromatic carbocycles. The Hall–Kier alpha value is -3.96. The van der Waals surface area contributed by atoms with E-state index in [-0.39, 0.29) is 28.9 Å². The number of aromatic nitrogens is 1. The first-order valence-corrected chi connectivity index (χ1v) is 10.7. The van der Waals surface area contributed by atoms with Crippen LogP contribution in [0.2, 0.25) is 0 Å². The second kappa shape index (κ2) is 8.42. The van der Waals surface area contributed by atoms with Gasteiger partial charge in [-0.1, -0.05) is 54.6 Å². The maximum atomic E-state index is 13.8. The van der Waals surface area contributed by atoms with E-state index in [2.05, 4.69) is 4.98 Å². The maximum absolute atomic E-state index is 13.8. The molecule has 4 aromatic rings. The molecule has 1 heterocycles. The van der Waals surface area contributed by atoms with Crippen molar-refractivity contribution in [3.63, 3.8) is 0 Å². The van der Waals surface area contributed by atoms with Gasteiger partial charge in [0, 0.05) is 5.56 Å². The summed E-state index contributed by atoms with van der Waals surface area (Å²) in [6.07, 6.45) is 0. The Morgan fingerprint density at radius 3 is 2.29 bits per heavy atom. The van der Waals surface area contributed by atoms with Crippen LogP contribution in [0, 0.1) is 17.1 Å². The molecular formula is C23H16FN3O3S. The van der Waals surface area contributed by atoms with Gasteiger partial charge in [0.25, 0.3) is 10.0 Å². The number of sulfonamides is 1. The molecule has 0 amide bonds. The Morgan fingerprint density at radius 1 is 0.968 bits per heavy atom. The molecule has 0 saturated heterocycles. The molecule has 0 aliphatic carbocycles. The summed E-state index contributed by atoms with van der Waals surface area (Å²) in [5.41, 5.74) is 1.06. The second-order valence-electron chi connectivity index (χ2n) is 6.61. The molecule has 1 aromatic heterocycles. The van der Waals surface area contributed by atoms with Crippen molar-refractivity contribution in [3.8, 4) is 17.5 Å². The molecule has 0 saturated carbocycles. The van der Waals surface area contributed by atoms with Gasteiger partial charge in [0.1, 0.15) is 11.9 Å². The van der Waals surface area contributed by atoms with E-state index < -0.39 is 15.8 Å². The monoisotopic (exact) mass is 433 g/mol. The van der Waals surface area contributed by atoms with Crippen molar-refractivity contribution in [1.82, 2.24) is 4.98 Å². The predicted molar refractivity (Wildman–Crippen MR) is 113 cm³/mol. The molecule has 0 bridgehead atoms. The summed E-state index contributed by atoms with van der Waals surface area (Å²) >= 11 is 0. The van der Waals surface area contributed by atoms with Crippen LogP contribution in [0.3, 0.4) is 0 Å². The fourth-order valence-electron chi connectivity index (χ4n) is 3.03. The lowest BCUT2D eigenvalue weighted by Crippen LogP contribution is -2.31. The molecule has 0 radical (unpaired) electrons. The van der Waals surface area contributed by atoms with Gasteiger partial charge in [-0.2, -0.15) is 10.2 Å². The summed E-state index contributed by atoms with van der Waals surface area (Å²) in [4.78, 5) is 3.92. The molecule has 6 nitrogen and oxygen atoms in total. The number of rotatable bonds is 6. The third kappa shape index (κ3) is 4.17. The lowest BCUT2D eigenvalue weighted by molar-refractivity contribution is 0.553. The lowest BCUT2D eigenvalue weighted by Gasteiger charge is -2.22. The van der Waals surface area contributed by atoms with Gasteiger partial charge in [0.15, 0.2) is 0 Å². The minimum atomic E-state index is -4.27. The van der Waals surface area contributed by atoms with Crippen LogP contribution in [-0.2, 0) is 16.6 Å². The molecule has 0 atom stereocenters. The SMILES string of the molecule is N#Cc1nc(-c2ccccc2)oc1N(Cc1ccccc1)S(=O)(=O)c1cccc(F)c1. The zero-order valence-electron chi connectivity index (χ0n) is 16.1. The molecule has 154 valence electrons. The van der Waals surface area contributed by atoms with Crippen molar-refractivity contribution in [3.05, 3.63) is 102 Å². The van der Waals surface area contributed by atoms with Gasteiger partial charge in [-0.15, -0.1) is 0 Å². The van der Waals surface area contributed by atoms with Crippen LogP contribution >= 0.6 is 0 Å². The van der Waals surface area contributed by atoms with Crippen LogP contribution in [0.25, 0.3) is 11.5 Å². The lowest BCUT2D eigenvalue weighted by atomic mass is 10.2. The Balaban J connectivity index is 1.87. The minimum Gasteiger partial charge on any atom is -0.418 e. The highest BCUT2D eigenvalue weighted by atomic mass is 32.2. The van der Waals surface area contributed by atoms with Crippen molar-refractivity contribution >= 4 is 15.9 Å². The molecule has 8 heteroatoms. The van der Waals surface area contributed by atoms with Crippen molar-refractivity contribution in [2.75, 3.05) is 4.31 Å². The molecule has 0 aliphatic rings. The van der Waals surface area contributed by atoms with Crippen molar-refractivity contribution in [2.24, 2.45) is 0 Å². The van der Waals surface area contributed by atoms with Crippen molar-refractivity contribution < 1.29 is 17.2 Å². The van der Waals surface area contributed by atoms with Crippen LogP contribution < -0.4 is 4.31 Å². The minimum absolute atomic E-state index is 0.111. The largest absolute Gasteiger partial charge is 0.418 e. The number of halogens is 1. The number of benzene rings is 3. The molecule has 31 heavy (non-hydrogen) atoms. The van der Waals surface area contributed by atoms with Crippen LogP contribution in [0.5, 0.6) is 0 Å². The summed E-state index contributed by atoms with van der Waals surface area (Å²) in [5.74, 6) is -0.807. The number of hydrogen-bond donors (Lipinski definition) is 0. The quantitative estimate of drug-likeness (QED) is 0.438. The molecule has 0 unspecified atom stereocenters. The summed E-state index contributed by atoms with van der Waals surface area (Å²) in [7, 11) is -4.27. The molecule has 0 N–H and O–H groups in total. The number of anilines is 1. The van der Waals surface area contributed by atoms with Gasteiger partial charge in [-0.25, -0.2) is 17.1 Å². The Kier molecular flexibility index (Phi) is 5.52. The average molecular weight is 433 g/mol. The van der Waals surface area contributed by atoms with E-state index in [9.17, 15) is 18.1 Å². The number of nitriles is 1. The highest BCUT2D eigenvalue weighted by molar-refractivity contribution is 7.92. The van der Waals surface area contributed by atoms with Gasteiger partial charge < -0.3 is 4.42 Å². The fourth-order valence-corrected chi connectivity index (χ4v) is 4.46. The third-order valence-electron chi connectivity index (χ3n) is 4.52. The Morgan fingerprint density at radius 2 is 1.65 bits per heavy atom. The molecular weight excluding hydrogens is 417 g/mol. The van der Waals surface area contributed by atoms with Crippen molar-refractivity contribution in [1.29, 1.82) is 5.26 Å². The zero-order chi connectivity index (χ0) is 21.8. The summed E-state index contributed by atoms with van der Waals surface area (Å²) < 4.78 is 47.4. The standard InChI is InChI=1S/C23H16FN3O3S/c24-19-12-7-13-20(14-19)31(28,29)27(16-17-8-3-1-4-9-17)23-21(15-25)26-22(30-23)18-10-5-2-6-11-18/h1-14H,16H2. The topological polar surface area (TPSA) is 87.2 Å². The molecule has 0 aliphatic heterocycles. The van der Waals surface area contributed by atoms with Crippen LogP contribution in [0.15, 0.2) is 94.2 Å². The third-order valence-corrected chi connectivity index (χ3v) is 6.24. The van der Waals surface area contributed by atoms with E-state index in [1.54, 1.807) is 54.6 Å². The summed E-state index contributed by atoms with van der Waals surface area (Å²) in [5, 5.41) is 9.62. The number of nitrogens with zero attached hydrogens (tertiary/aromatic N) is 3. The van der Waals surface area contributed by atoms with E-state index >= 15 is 0 Å². The summed E-state index contributed by atoms with van der Waals surface area (Å²) in [6.45, 7) is -0.127. The van der Waals surface area contributed by atoms with E-state index in [4.69, 9.17) is 4.42 Å². The highest BCUT2D eigenvalue weighted by Crippen LogP contribution is 2.33. The van der Waals surface area contributed by atoms with Gasteiger partial charge in [-0.3, -0.25) is 0 Å². The Bertz CT molecular complexity index is 1350. The van der Waals surface area contributed by atoms with Gasteiger partial charge in [0.05, 0.1) is 11.4 Å². The highest BCUT2D eigenvalue weighted by Gasteiger charge is 2.32. The van der Waals surface area contributed by atoms with E-state index in [0.717, 1.165) is 16.4 Å². The normalized spacial score (nSPS) is 11.1. The molecule has 0 spiro atoms. The smallest absolute Gasteiger partial charge is 0.267 e. The Labute approximate surface area is 178 Å². The summed E-state index contributed by atoms with van der Waals surface area (Å²) in [6, 6.07) is 24.2. The van der Waals surface area contributed by atoms with Crippen LogP contribution in [-0.4, -0.2) is 13.4 Å². The van der Waals surface area contributed by atoms with E-state index in [1.807, 2.05) is 12.1 Å². The molecule has 4 rings (SSSR count). The number of hydrogen-bond acceptors (Lipinski definition) is 5. The maximum Gasteiger partial charge on any atom is 0.267 e. The van der Waals surface area contributed by atoms with Crippen LogP contribution in [0.4, 0.5) is 10.3 Å². The van der Waals surface area contributed by atoms with Crippen molar-refractivity contribution in [2.45, 2.75) is 11.4 Å². The van der Waals surface area contributed by atoms with E-state index in [0.29, 0.717) is 11.1 Å². The van der Waals surface area contributed by atoms with E-state index in [1.165, 1.54) is 12.1 Å².